The van der Waals surface area contributed by atoms with Gasteiger partial charge in [0.15, 0.2) is 13.2 Å². The Morgan fingerprint density at radius 3 is 2.16 bits per heavy atom. The molecule has 0 aromatic heterocycles. The van der Waals surface area contributed by atoms with E-state index in [0.29, 0.717) is 30.2 Å². The highest BCUT2D eigenvalue weighted by Crippen LogP contribution is 2.25. The van der Waals surface area contributed by atoms with Crippen LogP contribution in [0.2, 0.25) is 0 Å². The number of sulfonamides is 1. The van der Waals surface area contributed by atoms with Crippen LogP contribution in [0.4, 0.5) is 11.4 Å². The van der Waals surface area contributed by atoms with E-state index in [1.165, 1.54) is 62.5 Å². The van der Waals surface area contributed by atoms with Crippen LogP contribution in [0.5, 0.6) is 5.75 Å². The zero-order chi connectivity index (χ0) is 27.2. The first-order chi connectivity index (χ1) is 17.5. The number of morpholine rings is 1. The maximum Gasteiger partial charge on any atom is 0.344 e. The van der Waals surface area contributed by atoms with E-state index in [-0.39, 0.29) is 35.5 Å². The van der Waals surface area contributed by atoms with Gasteiger partial charge in [-0.1, -0.05) is 0 Å². The van der Waals surface area contributed by atoms with Gasteiger partial charge in [-0.25, -0.2) is 13.2 Å². The van der Waals surface area contributed by atoms with Crippen LogP contribution in [-0.2, 0) is 33.9 Å². The Morgan fingerprint density at radius 1 is 1.00 bits per heavy atom. The van der Waals surface area contributed by atoms with Gasteiger partial charge in [0.2, 0.25) is 5.91 Å². The van der Waals surface area contributed by atoms with Crippen molar-refractivity contribution in [3.8, 4) is 5.75 Å². The van der Waals surface area contributed by atoms with Crippen LogP contribution in [0, 0.1) is 0 Å². The lowest BCUT2D eigenvalue weighted by Crippen LogP contribution is -2.49. The number of hydrogen-bond donors (Lipinski definition) is 1. The van der Waals surface area contributed by atoms with Crippen molar-refractivity contribution in [3.05, 3.63) is 48.5 Å². The van der Waals surface area contributed by atoms with Crippen LogP contribution in [-0.4, -0.2) is 76.7 Å². The maximum atomic E-state index is 13.0. The summed E-state index contributed by atoms with van der Waals surface area (Å²) in [6.45, 7) is 5.21. The molecule has 2 amide bonds. The molecule has 1 fully saturated rings. The largest absolute Gasteiger partial charge is 0.482 e. The number of amides is 2. The van der Waals surface area contributed by atoms with E-state index >= 15 is 0 Å². The summed E-state index contributed by atoms with van der Waals surface area (Å²) in [5.74, 6) is -0.926. The van der Waals surface area contributed by atoms with Gasteiger partial charge in [-0.05, 0) is 62.4 Å². The van der Waals surface area contributed by atoms with Crippen molar-refractivity contribution >= 4 is 39.2 Å². The first-order valence-electron chi connectivity index (χ1n) is 11.6. The van der Waals surface area contributed by atoms with Crippen LogP contribution >= 0.6 is 0 Å². The third kappa shape index (κ3) is 7.67. The van der Waals surface area contributed by atoms with Crippen LogP contribution in [0.15, 0.2) is 53.4 Å². The Balaban J connectivity index is 1.50. The lowest BCUT2D eigenvalue weighted by Gasteiger charge is -2.35. The minimum atomic E-state index is -3.85. The van der Waals surface area contributed by atoms with E-state index in [0.717, 1.165) is 4.31 Å². The summed E-state index contributed by atoms with van der Waals surface area (Å²) in [7, 11) is -2.43. The summed E-state index contributed by atoms with van der Waals surface area (Å²) in [6, 6.07) is 12.0. The van der Waals surface area contributed by atoms with E-state index in [1.807, 2.05) is 13.8 Å². The fraction of sp³-hybridized carbons (Fsp3) is 0.400. The third-order valence-electron chi connectivity index (χ3n) is 5.52. The van der Waals surface area contributed by atoms with Crippen molar-refractivity contribution in [2.75, 3.05) is 43.0 Å². The van der Waals surface area contributed by atoms with Gasteiger partial charge in [-0.3, -0.25) is 13.9 Å². The molecule has 1 saturated heterocycles. The SMILES string of the molecule is CC(=O)Nc1ccc(S(=O)(=O)N(C)c2ccc(OCC(=O)OCC(=O)N3CC(C)OC(C)C3)cc2)cc1. The van der Waals surface area contributed by atoms with Gasteiger partial charge < -0.3 is 24.4 Å². The molecule has 1 N–H and O–H groups in total. The van der Waals surface area contributed by atoms with Crippen LogP contribution < -0.4 is 14.4 Å². The fourth-order valence-electron chi connectivity index (χ4n) is 3.76. The molecule has 11 nitrogen and oxygen atoms in total. The van der Waals surface area contributed by atoms with Crippen LogP contribution in [0.1, 0.15) is 20.8 Å². The molecule has 3 rings (SSSR count). The fourth-order valence-corrected chi connectivity index (χ4v) is 4.96. The molecule has 1 heterocycles. The normalized spacial score (nSPS) is 17.6. The number of nitrogens with zero attached hydrogens (tertiary/aromatic N) is 2. The van der Waals surface area contributed by atoms with E-state index in [4.69, 9.17) is 14.2 Å². The summed E-state index contributed by atoms with van der Waals surface area (Å²) in [5.41, 5.74) is 0.865. The highest BCUT2D eigenvalue weighted by molar-refractivity contribution is 7.92. The first-order valence-corrected chi connectivity index (χ1v) is 13.1. The maximum absolute atomic E-state index is 13.0. The minimum absolute atomic E-state index is 0.0581. The smallest absolute Gasteiger partial charge is 0.344 e. The summed E-state index contributed by atoms with van der Waals surface area (Å²) in [6.07, 6.45) is -0.168. The molecule has 37 heavy (non-hydrogen) atoms. The van der Waals surface area contributed by atoms with E-state index in [9.17, 15) is 22.8 Å². The molecule has 0 saturated carbocycles. The van der Waals surface area contributed by atoms with Gasteiger partial charge in [-0.2, -0.15) is 0 Å². The zero-order valence-corrected chi connectivity index (χ0v) is 22.0. The standard InChI is InChI=1S/C25H31N3O8S/c1-17-13-28(14-18(2)36-17)24(30)15-35-25(31)16-34-22-9-7-21(8-10-22)27(4)37(32,33)23-11-5-20(6-12-23)26-19(3)29/h5-12,17-18H,13-16H2,1-4H3,(H,26,29). The molecular weight excluding hydrogens is 502 g/mol. The van der Waals surface area contributed by atoms with Crippen molar-refractivity contribution in [3.63, 3.8) is 0 Å². The first kappa shape index (κ1) is 27.9. The molecule has 1 aliphatic heterocycles. The van der Waals surface area contributed by atoms with Gasteiger partial charge in [0.25, 0.3) is 15.9 Å². The predicted octanol–water partition coefficient (Wildman–Crippen LogP) is 2.03. The number of hydrogen-bond acceptors (Lipinski definition) is 8. The minimum Gasteiger partial charge on any atom is -0.482 e. The van der Waals surface area contributed by atoms with Gasteiger partial charge >= 0.3 is 5.97 Å². The number of nitrogens with one attached hydrogen (secondary N) is 1. The Hall–Kier alpha value is -3.64. The number of anilines is 2. The third-order valence-corrected chi connectivity index (χ3v) is 7.32. The van der Waals surface area contributed by atoms with Crippen molar-refractivity contribution in [2.45, 2.75) is 37.9 Å². The van der Waals surface area contributed by atoms with E-state index in [2.05, 4.69) is 5.32 Å². The van der Waals surface area contributed by atoms with Gasteiger partial charge in [0.05, 0.1) is 22.8 Å². The lowest BCUT2D eigenvalue weighted by molar-refractivity contribution is -0.158. The number of esters is 1. The van der Waals surface area contributed by atoms with E-state index in [1.54, 1.807) is 4.90 Å². The molecule has 0 bridgehead atoms. The zero-order valence-electron chi connectivity index (χ0n) is 21.2. The Kier molecular flexibility index (Phi) is 9.11. The summed E-state index contributed by atoms with van der Waals surface area (Å²) < 4.78 is 43.0. The van der Waals surface area contributed by atoms with Crippen LogP contribution in [0.25, 0.3) is 0 Å². The highest BCUT2D eigenvalue weighted by atomic mass is 32.2. The molecule has 0 aliphatic carbocycles. The molecule has 2 atom stereocenters. The number of ether oxygens (including phenoxy) is 3. The van der Waals surface area contributed by atoms with Gasteiger partial charge in [-0.15, -0.1) is 0 Å². The monoisotopic (exact) mass is 533 g/mol. The second kappa shape index (κ2) is 12.1. The molecular formula is C25H31N3O8S. The number of carbonyl (C=O) groups is 3. The number of carbonyl (C=O) groups excluding carboxylic acids is 3. The molecule has 0 spiro atoms. The van der Waals surface area contributed by atoms with Crippen molar-refractivity contribution in [1.29, 1.82) is 0 Å². The van der Waals surface area contributed by atoms with Crippen molar-refractivity contribution < 1.29 is 37.0 Å². The molecule has 1 aliphatic rings. The average Bonchev–Trinajstić information content (AvgIpc) is 2.85. The molecule has 0 radical (unpaired) electrons. The number of rotatable bonds is 9. The second-order valence-corrected chi connectivity index (χ2v) is 10.6. The van der Waals surface area contributed by atoms with Gasteiger partial charge in [0.1, 0.15) is 5.75 Å². The quantitative estimate of drug-likeness (QED) is 0.485. The Bertz CT molecular complexity index is 1210. The molecule has 200 valence electrons. The summed E-state index contributed by atoms with van der Waals surface area (Å²) in [4.78, 5) is 37.1. The van der Waals surface area contributed by atoms with Crippen molar-refractivity contribution in [1.82, 2.24) is 4.90 Å². The van der Waals surface area contributed by atoms with Gasteiger partial charge in [0, 0.05) is 32.7 Å². The van der Waals surface area contributed by atoms with Crippen LogP contribution in [0.3, 0.4) is 0 Å². The lowest BCUT2D eigenvalue weighted by atomic mass is 10.2. The Morgan fingerprint density at radius 2 is 1.59 bits per heavy atom. The Labute approximate surface area is 216 Å². The summed E-state index contributed by atoms with van der Waals surface area (Å²) in [5, 5.41) is 2.58. The molecule has 2 aromatic rings. The average molecular weight is 534 g/mol. The number of benzene rings is 2. The molecule has 2 unspecified atom stereocenters. The molecule has 2 aromatic carbocycles. The van der Waals surface area contributed by atoms with Crippen molar-refractivity contribution in [2.24, 2.45) is 0 Å². The topological polar surface area (TPSA) is 132 Å². The summed E-state index contributed by atoms with van der Waals surface area (Å²) >= 11 is 0. The highest BCUT2D eigenvalue weighted by Gasteiger charge is 2.26. The molecule has 12 heteroatoms. The second-order valence-electron chi connectivity index (χ2n) is 8.68. The predicted molar refractivity (Wildman–Crippen MR) is 136 cm³/mol. The van der Waals surface area contributed by atoms with E-state index < -0.39 is 22.6 Å².